The lowest BCUT2D eigenvalue weighted by atomic mass is 9.95. The van der Waals surface area contributed by atoms with Crippen molar-refractivity contribution >= 4 is 38.9 Å². The molecular formula is C18H16BrClN2O. The summed E-state index contributed by atoms with van der Waals surface area (Å²) in [5.41, 5.74) is 3.16. The number of ether oxygens (including phenoxy) is 1. The Kier molecular flexibility index (Phi) is 3.71. The van der Waals surface area contributed by atoms with Gasteiger partial charge in [0.1, 0.15) is 5.60 Å². The van der Waals surface area contributed by atoms with Gasteiger partial charge in [0.15, 0.2) is 0 Å². The van der Waals surface area contributed by atoms with Gasteiger partial charge in [-0.2, -0.15) is 5.10 Å². The van der Waals surface area contributed by atoms with Gasteiger partial charge in [-0.1, -0.05) is 39.7 Å². The van der Waals surface area contributed by atoms with Crippen molar-refractivity contribution in [2.24, 2.45) is 5.10 Å². The zero-order valence-corrected chi connectivity index (χ0v) is 15.0. The standard InChI is InChI=1S/C18H16BrClN2O/c1-18(11-23-18)17-10-16(12-2-4-13(19)5-3-12)21-22(17)15-8-6-14(20)7-9-15/h2-9,17H,10-11H2,1H3/t17-,18-/m1/s1. The molecule has 1 fully saturated rings. The van der Waals surface area contributed by atoms with Crippen LogP contribution in [0.3, 0.4) is 0 Å². The molecule has 3 nitrogen and oxygen atoms in total. The minimum Gasteiger partial charge on any atom is -0.368 e. The van der Waals surface area contributed by atoms with Crippen molar-refractivity contribution < 1.29 is 4.74 Å². The van der Waals surface area contributed by atoms with Crippen molar-refractivity contribution in [3.63, 3.8) is 0 Å². The summed E-state index contributed by atoms with van der Waals surface area (Å²) in [7, 11) is 0. The third-order valence-corrected chi connectivity index (χ3v) is 5.26. The van der Waals surface area contributed by atoms with E-state index in [1.165, 1.54) is 0 Å². The fourth-order valence-electron chi connectivity index (χ4n) is 2.94. The maximum absolute atomic E-state index is 6.01. The van der Waals surface area contributed by atoms with E-state index in [-0.39, 0.29) is 11.6 Å². The summed E-state index contributed by atoms with van der Waals surface area (Å²) >= 11 is 9.49. The predicted octanol–water partition coefficient (Wildman–Crippen LogP) is 4.87. The van der Waals surface area contributed by atoms with Crippen molar-refractivity contribution in [3.8, 4) is 0 Å². The number of halogens is 2. The highest BCUT2D eigenvalue weighted by molar-refractivity contribution is 9.10. The van der Waals surface area contributed by atoms with Gasteiger partial charge in [-0.15, -0.1) is 0 Å². The fourth-order valence-corrected chi connectivity index (χ4v) is 3.33. The summed E-state index contributed by atoms with van der Waals surface area (Å²) in [6.45, 7) is 2.94. The van der Waals surface area contributed by atoms with Crippen molar-refractivity contribution in [1.29, 1.82) is 0 Å². The van der Waals surface area contributed by atoms with Crippen LogP contribution in [0.15, 0.2) is 58.1 Å². The van der Waals surface area contributed by atoms with Gasteiger partial charge in [-0.05, 0) is 48.9 Å². The highest BCUT2D eigenvalue weighted by atomic mass is 79.9. The highest BCUT2D eigenvalue weighted by Gasteiger charge is 2.52. The van der Waals surface area contributed by atoms with E-state index in [2.05, 4.69) is 40.0 Å². The molecule has 0 spiro atoms. The normalized spacial score (nSPS) is 26.3. The molecule has 2 heterocycles. The average Bonchev–Trinajstić information content (AvgIpc) is 3.13. The molecule has 0 radical (unpaired) electrons. The third-order valence-electron chi connectivity index (χ3n) is 4.48. The topological polar surface area (TPSA) is 28.1 Å². The van der Waals surface area contributed by atoms with Gasteiger partial charge in [0, 0.05) is 15.9 Å². The first-order chi connectivity index (χ1) is 11.0. The number of hydrogen-bond acceptors (Lipinski definition) is 3. The minimum absolute atomic E-state index is 0.125. The molecule has 2 aromatic rings. The molecular weight excluding hydrogens is 376 g/mol. The molecule has 0 saturated carbocycles. The Morgan fingerprint density at radius 1 is 1.17 bits per heavy atom. The van der Waals surface area contributed by atoms with Crippen molar-refractivity contribution in [2.75, 3.05) is 11.6 Å². The number of rotatable bonds is 3. The van der Waals surface area contributed by atoms with Crippen molar-refractivity contribution in [3.05, 3.63) is 63.6 Å². The van der Waals surface area contributed by atoms with E-state index in [0.717, 1.165) is 39.5 Å². The lowest BCUT2D eigenvalue weighted by molar-refractivity contribution is 0.282. The van der Waals surface area contributed by atoms with E-state index in [9.17, 15) is 0 Å². The quantitative estimate of drug-likeness (QED) is 0.698. The van der Waals surface area contributed by atoms with E-state index in [4.69, 9.17) is 21.4 Å². The Morgan fingerprint density at radius 2 is 1.83 bits per heavy atom. The van der Waals surface area contributed by atoms with Crippen LogP contribution < -0.4 is 5.01 Å². The molecule has 0 aliphatic carbocycles. The van der Waals surface area contributed by atoms with Crippen LogP contribution in [0.2, 0.25) is 5.02 Å². The molecule has 118 valence electrons. The van der Waals surface area contributed by atoms with Gasteiger partial charge in [0.2, 0.25) is 0 Å². The fraction of sp³-hybridized carbons (Fsp3) is 0.278. The van der Waals surface area contributed by atoms with Crippen LogP contribution in [0.4, 0.5) is 5.69 Å². The molecule has 2 aromatic carbocycles. The number of anilines is 1. The molecule has 2 aliphatic heterocycles. The third kappa shape index (κ3) is 2.91. The van der Waals surface area contributed by atoms with Crippen LogP contribution >= 0.6 is 27.5 Å². The van der Waals surface area contributed by atoms with Gasteiger partial charge in [-0.3, -0.25) is 5.01 Å². The highest BCUT2D eigenvalue weighted by Crippen LogP contribution is 2.41. The summed E-state index contributed by atoms with van der Waals surface area (Å²) < 4.78 is 6.78. The second-order valence-electron chi connectivity index (χ2n) is 6.20. The Hall–Kier alpha value is -1.36. The van der Waals surface area contributed by atoms with E-state index in [1.54, 1.807) is 0 Å². The van der Waals surface area contributed by atoms with Crippen molar-refractivity contribution in [1.82, 2.24) is 0 Å². The number of hydrogen-bond donors (Lipinski definition) is 0. The lowest BCUT2D eigenvalue weighted by Crippen LogP contribution is -2.38. The first kappa shape index (κ1) is 15.2. The molecule has 5 heteroatoms. The van der Waals surface area contributed by atoms with E-state index >= 15 is 0 Å². The molecule has 1 saturated heterocycles. The minimum atomic E-state index is -0.125. The zero-order chi connectivity index (χ0) is 16.0. The average molecular weight is 392 g/mol. The molecule has 23 heavy (non-hydrogen) atoms. The smallest absolute Gasteiger partial charge is 0.111 e. The van der Waals surface area contributed by atoms with Gasteiger partial charge >= 0.3 is 0 Å². The molecule has 0 aromatic heterocycles. The maximum Gasteiger partial charge on any atom is 0.111 e. The van der Waals surface area contributed by atoms with Crippen LogP contribution in [0.25, 0.3) is 0 Å². The molecule has 0 N–H and O–H groups in total. The molecule has 0 bridgehead atoms. The van der Waals surface area contributed by atoms with Crippen LogP contribution in [-0.4, -0.2) is 24.0 Å². The zero-order valence-electron chi connectivity index (χ0n) is 12.7. The Balaban J connectivity index is 1.70. The summed E-state index contributed by atoms with van der Waals surface area (Å²) in [4.78, 5) is 0. The largest absolute Gasteiger partial charge is 0.368 e. The second-order valence-corrected chi connectivity index (χ2v) is 7.55. The predicted molar refractivity (Wildman–Crippen MR) is 97.4 cm³/mol. The van der Waals surface area contributed by atoms with Crippen LogP contribution in [0.1, 0.15) is 18.9 Å². The van der Waals surface area contributed by atoms with Gasteiger partial charge in [-0.25, -0.2) is 0 Å². The Bertz CT molecular complexity index is 754. The van der Waals surface area contributed by atoms with E-state index < -0.39 is 0 Å². The molecule has 0 unspecified atom stereocenters. The van der Waals surface area contributed by atoms with Gasteiger partial charge < -0.3 is 4.74 Å². The Labute approximate surface area is 149 Å². The number of epoxide rings is 1. The van der Waals surface area contributed by atoms with Crippen molar-refractivity contribution in [2.45, 2.75) is 25.0 Å². The van der Waals surface area contributed by atoms with Gasteiger partial charge in [0.05, 0.1) is 24.0 Å². The lowest BCUT2D eigenvalue weighted by Gasteiger charge is -2.26. The summed E-state index contributed by atoms with van der Waals surface area (Å²) in [6.07, 6.45) is 0.876. The summed E-state index contributed by atoms with van der Waals surface area (Å²) in [5, 5.41) is 7.70. The van der Waals surface area contributed by atoms with Crippen LogP contribution in [-0.2, 0) is 4.74 Å². The second kappa shape index (κ2) is 5.62. The maximum atomic E-state index is 6.01. The first-order valence-electron chi connectivity index (χ1n) is 7.57. The summed E-state index contributed by atoms with van der Waals surface area (Å²) in [5.74, 6) is 0. The monoisotopic (exact) mass is 390 g/mol. The number of benzene rings is 2. The van der Waals surface area contributed by atoms with E-state index in [1.807, 2.05) is 36.4 Å². The SMILES string of the molecule is C[C@]1([C@H]2CC(c3ccc(Br)cc3)=NN2c2ccc(Cl)cc2)CO1. The number of hydrazone groups is 1. The molecule has 4 rings (SSSR count). The molecule has 0 amide bonds. The molecule has 2 atom stereocenters. The van der Waals surface area contributed by atoms with E-state index in [0.29, 0.717) is 0 Å². The van der Waals surface area contributed by atoms with Crippen LogP contribution in [0.5, 0.6) is 0 Å². The number of nitrogens with zero attached hydrogens (tertiary/aromatic N) is 2. The summed E-state index contributed by atoms with van der Waals surface area (Å²) in [6, 6.07) is 16.3. The first-order valence-corrected chi connectivity index (χ1v) is 8.74. The van der Waals surface area contributed by atoms with Crippen LogP contribution in [0, 0.1) is 0 Å². The Morgan fingerprint density at radius 3 is 2.43 bits per heavy atom. The molecule has 2 aliphatic rings. The van der Waals surface area contributed by atoms with Gasteiger partial charge in [0.25, 0.3) is 0 Å².